The number of rotatable bonds is 4. The van der Waals surface area contributed by atoms with E-state index >= 15 is 0 Å². The van der Waals surface area contributed by atoms with E-state index in [0.717, 1.165) is 17.0 Å². The van der Waals surface area contributed by atoms with Gasteiger partial charge >= 0.3 is 0 Å². The van der Waals surface area contributed by atoms with Crippen LogP contribution in [0.5, 0.6) is 0 Å². The Morgan fingerprint density at radius 1 is 1.47 bits per heavy atom. The van der Waals surface area contributed by atoms with Gasteiger partial charge in [-0.3, -0.25) is 0 Å². The second kappa shape index (κ2) is 5.13. The third kappa shape index (κ3) is 2.48. The Morgan fingerprint density at radius 3 is 2.60 bits per heavy atom. The summed E-state index contributed by atoms with van der Waals surface area (Å²) in [6.45, 7) is 10.2. The van der Waals surface area contributed by atoms with Gasteiger partial charge in [-0.05, 0) is 22.6 Å². The van der Waals surface area contributed by atoms with E-state index in [0.29, 0.717) is 5.92 Å². The summed E-state index contributed by atoms with van der Waals surface area (Å²) in [6, 6.07) is 6.20. The molecule has 0 heterocycles. The topological polar surface area (TPSA) is 20.2 Å². The Hall–Kier alpha value is -1.08. The van der Waals surface area contributed by atoms with Crippen molar-refractivity contribution >= 4 is 6.08 Å². The van der Waals surface area contributed by atoms with Crippen LogP contribution < -0.4 is 0 Å². The lowest BCUT2D eigenvalue weighted by Gasteiger charge is -2.17. The molecule has 0 unspecified atom stereocenters. The molecular formula is C14H19O. The minimum absolute atomic E-state index is 0.0996. The molecule has 1 aromatic rings. The molecule has 0 saturated carbocycles. The lowest BCUT2D eigenvalue weighted by Crippen LogP contribution is -2.05. The first-order chi connectivity index (χ1) is 7.11. The molecule has 81 valence electrons. The highest BCUT2D eigenvalue weighted by molar-refractivity contribution is 5.61. The largest absolute Gasteiger partial charge is 0.395 e. The molecule has 0 spiro atoms. The van der Waals surface area contributed by atoms with Crippen molar-refractivity contribution in [2.45, 2.75) is 26.7 Å². The van der Waals surface area contributed by atoms with Gasteiger partial charge in [-0.15, -0.1) is 0 Å². The smallest absolute Gasteiger partial charge is 0.0534 e. The van der Waals surface area contributed by atoms with Gasteiger partial charge in [0, 0.05) is 5.92 Å². The van der Waals surface area contributed by atoms with Gasteiger partial charge in [-0.1, -0.05) is 51.6 Å². The zero-order valence-corrected chi connectivity index (χ0v) is 9.75. The van der Waals surface area contributed by atoms with Crippen molar-refractivity contribution in [2.24, 2.45) is 0 Å². The molecular weight excluding hydrogens is 184 g/mol. The van der Waals surface area contributed by atoms with Crippen LogP contribution in [0.2, 0.25) is 0 Å². The first-order valence-electron chi connectivity index (χ1n) is 5.30. The molecule has 0 amide bonds. The summed E-state index contributed by atoms with van der Waals surface area (Å²) >= 11 is 0. The molecule has 1 N–H and O–H groups in total. The second-order valence-electron chi connectivity index (χ2n) is 4.11. The fourth-order valence-electron chi connectivity index (χ4n) is 1.77. The molecule has 15 heavy (non-hydrogen) atoms. The number of benzene rings is 1. The van der Waals surface area contributed by atoms with Gasteiger partial charge < -0.3 is 5.11 Å². The number of hydrogen-bond acceptors (Lipinski definition) is 1. The van der Waals surface area contributed by atoms with E-state index in [9.17, 15) is 0 Å². The normalized spacial score (nSPS) is 11.1. The van der Waals surface area contributed by atoms with Crippen LogP contribution in [0, 0.1) is 5.92 Å². The highest BCUT2D eigenvalue weighted by Crippen LogP contribution is 2.27. The van der Waals surface area contributed by atoms with Crippen LogP contribution in [0.15, 0.2) is 24.8 Å². The molecule has 1 rings (SSSR count). The molecule has 1 radical (unpaired) electrons. The average Bonchev–Trinajstić information content (AvgIpc) is 2.26. The van der Waals surface area contributed by atoms with Crippen LogP contribution in [0.25, 0.3) is 6.08 Å². The number of hydrogen-bond donors (Lipinski definition) is 1. The Labute approximate surface area is 92.5 Å². The predicted molar refractivity (Wildman–Crippen MR) is 65.7 cm³/mol. The van der Waals surface area contributed by atoms with E-state index in [4.69, 9.17) is 5.11 Å². The number of aliphatic hydroxyl groups is 1. The molecule has 0 fully saturated rings. The number of aliphatic hydroxyl groups excluding tert-OH is 1. The Morgan fingerprint density at radius 2 is 2.13 bits per heavy atom. The lowest BCUT2D eigenvalue weighted by atomic mass is 9.88. The molecule has 0 aliphatic carbocycles. The summed E-state index contributed by atoms with van der Waals surface area (Å²) in [5.74, 6) is 1.47. The summed E-state index contributed by atoms with van der Waals surface area (Å²) in [5, 5.41) is 9.17. The monoisotopic (exact) mass is 203 g/mol. The summed E-state index contributed by atoms with van der Waals surface area (Å²) in [4.78, 5) is 0. The van der Waals surface area contributed by atoms with Crippen molar-refractivity contribution in [3.8, 4) is 0 Å². The molecule has 0 bridgehead atoms. The minimum Gasteiger partial charge on any atom is -0.395 e. The Balaban J connectivity index is 3.28. The Kier molecular flexibility index (Phi) is 4.10. The van der Waals surface area contributed by atoms with E-state index in [1.807, 2.05) is 25.1 Å². The zero-order chi connectivity index (χ0) is 11.4. The van der Waals surface area contributed by atoms with Crippen molar-refractivity contribution in [2.75, 3.05) is 6.61 Å². The summed E-state index contributed by atoms with van der Waals surface area (Å²) < 4.78 is 0. The van der Waals surface area contributed by atoms with Crippen molar-refractivity contribution in [1.82, 2.24) is 0 Å². The second-order valence-corrected chi connectivity index (χ2v) is 4.11. The van der Waals surface area contributed by atoms with E-state index in [2.05, 4.69) is 26.5 Å². The van der Waals surface area contributed by atoms with Gasteiger partial charge in [0.05, 0.1) is 6.61 Å². The van der Waals surface area contributed by atoms with Gasteiger partial charge in [0.2, 0.25) is 0 Å². The van der Waals surface area contributed by atoms with Crippen molar-refractivity contribution in [3.63, 3.8) is 0 Å². The van der Waals surface area contributed by atoms with Crippen LogP contribution in [0.1, 0.15) is 43.4 Å². The van der Waals surface area contributed by atoms with Gasteiger partial charge in [0.25, 0.3) is 0 Å². The van der Waals surface area contributed by atoms with Gasteiger partial charge in [-0.2, -0.15) is 0 Å². The molecule has 0 atom stereocenters. The van der Waals surface area contributed by atoms with Crippen LogP contribution in [0.3, 0.4) is 0 Å². The van der Waals surface area contributed by atoms with Crippen LogP contribution in [0.4, 0.5) is 0 Å². The summed E-state index contributed by atoms with van der Waals surface area (Å²) in [6.07, 6.45) is 1.88. The summed E-state index contributed by atoms with van der Waals surface area (Å²) in [5.41, 5.74) is 3.55. The SMILES string of the molecule is C=Cc1c([C](C)CO)cccc1C(C)C. The van der Waals surface area contributed by atoms with Crippen molar-refractivity contribution in [1.29, 1.82) is 0 Å². The Bertz CT molecular complexity index is 339. The quantitative estimate of drug-likeness (QED) is 0.795. The highest BCUT2D eigenvalue weighted by atomic mass is 16.3. The van der Waals surface area contributed by atoms with E-state index in [-0.39, 0.29) is 6.61 Å². The first-order valence-corrected chi connectivity index (χ1v) is 5.30. The molecule has 0 aliphatic heterocycles. The molecule has 0 aromatic heterocycles. The highest BCUT2D eigenvalue weighted by Gasteiger charge is 2.13. The van der Waals surface area contributed by atoms with E-state index in [1.165, 1.54) is 5.56 Å². The molecule has 1 nitrogen and oxygen atoms in total. The fourth-order valence-corrected chi connectivity index (χ4v) is 1.77. The maximum absolute atomic E-state index is 9.17. The maximum Gasteiger partial charge on any atom is 0.0534 e. The van der Waals surface area contributed by atoms with Crippen molar-refractivity contribution in [3.05, 3.63) is 47.4 Å². The fraction of sp³-hybridized carbons (Fsp3) is 0.357. The first kappa shape index (κ1) is 12.0. The standard InChI is InChI=1S/C14H19O/c1-5-12-13(10(2)3)7-6-8-14(12)11(4)9-15/h5-8,10,15H,1,9H2,2-4H3. The predicted octanol–water partition coefficient (Wildman–Crippen LogP) is 3.39. The van der Waals surface area contributed by atoms with Gasteiger partial charge in [0.15, 0.2) is 0 Å². The molecule has 0 aliphatic rings. The minimum atomic E-state index is 0.0996. The zero-order valence-electron chi connectivity index (χ0n) is 9.75. The third-order valence-corrected chi connectivity index (χ3v) is 2.66. The molecule has 1 aromatic carbocycles. The van der Waals surface area contributed by atoms with Crippen LogP contribution >= 0.6 is 0 Å². The van der Waals surface area contributed by atoms with Gasteiger partial charge in [-0.25, -0.2) is 0 Å². The molecule has 0 saturated heterocycles. The van der Waals surface area contributed by atoms with Crippen LogP contribution in [-0.4, -0.2) is 11.7 Å². The summed E-state index contributed by atoms with van der Waals surface area (Å²) in [7, 11) is 0. The molecule has 1 heteroatoms. The van der Waals surface area contributed by atoms with E-state index in [1.54, 1.807) is 0 Å². The van der Waals surface area contributed by atoms with Crippen LogP contribution in [-0.2, 0) is 0 Å². The average molecular weight is 203 g/mol. The van der Waals surface area contributed by atoms with Gasteiger partial charge in [0.1, 0.15) is 0 Å². The van der Waals surface area contributed by atoms with Crippen molar-refractivity contribution < 1.29 is 5.11 Å². The lowest BCUT2D eigenvalue weighted by molar-refractivity contribution is 0.315. The third-order valence-electron chi connectivity index (χ3n) is 2.66. The van der Waals surface area contributed by atoms with E-state index < -0.39 is 0 Å². The maximum atomic E-state index is 9.17.